The van der Waals surface area contributed by atoms with Crippen molar-refractivity contribution < 1.29 is 14.6 Å². The fourth-order valence-electron chi connectivity index (χ4n) is 6.02. The van der Waals surface area contributed by atoms with E-state index in [-0.39, 0.29) is 12.2 Å². The van der Waals surface area contributed by atoms with Gasteiger partial charge in [-0.05, 0) is 85.8 Å². The molecule has 1 N–H and O–H groups in total. The maximum Gasteiger partial charge on any atom is 0.341 e. The minimum Gasteiger partial charge on any atom is -0.423 e. The summed E-state index contributed by atoms with van der Waals surface area (Å²) < 4.78 is 5.47. The molecule has 3 nitrogen and oxygen atoms in total. The molecule has 2 saturated carbocycles. The molecule has 178 valence electrons. The van der Waals surface area contributed by atoms with Crippen molar-refractivity contribution in [1.82, 2.24) is 0 Å². The number of rotatable bonds is 10. The molecule has 32 heavy (non-hydrogen) atoms. The van der Waals surface area contributed by atoms with Crippen LogP contribution in [0.15, 0.2) is 30.4 Å². The van der Waals surface area contributed by atoms with Crippen molar-refractivity contribution in [3.05, 3.63) is 41.5 Å². The Morgan fingerprint density at radius 1 is 1.00 bits per heavy atom. The molecule has 0 aromatic heterocycles. The predicted octanol–water partition coefficient (Wildman–Crippen LogP) is 7.36. The molecular weight excluding hydrogens is 396 g/mol. The Balaban J connectivity index is 1.49. The van der Waals surface area contributed by atoms with Gasteiger partial charge in [0.25, 0.3) is 0 Å². The topological polar surface area (TPSA) is 46.5 Å². The van der Waals surface area contributed by atoms with Gasteiger partial charge in [-0.25, -0.2) is 4.79 Å². The molecule has 0 bridgehead atoms. The van der Waals surface area contributed by atoms with Gasteiger partial charge in [0.2, 0.25) is 0 Å². The molecule has 0 amide bonds. The molecule has 3 rings (SSSR count). The van der Waals surface area contributed by atoms with Gasteiger partial charge in [-0.1, -0.05) is 71.1 Å². The van der Waals surface area contributed by atoms with Crippen LogP contribution in [-0.4, -0.2) is 17.7 Å². The largest absolute Gasteiger partial charge is 0.423 e. The summed E-state index contributed by atoms with van der Waals surface area (Å²) in [5.41, 5.74) is 2.54. The lowest BCUT2D eigenvalue weighted by molar-refractivity contribution is -0.130. The molecular formula is C29H44O3. The molecule has 0 radical (unpaired) electrons. The van der Waals surface area contributed by atoms with E-state index < -0.39 is 5.97 Å². The smallest absolute Gasteiger partial charge is 0.341 e. The number of aliphatic hydroxyl groups excluding tert-OH is 1. The molecule has 0 heterocycles. The molecule has 0 saturated heterocycles. The Kier molecular flexibility index (Phi) is 9.84. The second kappa shape index (κ2) is 12.6. The molecule has 0 aliphatic heterocycles. The molecule has 0 spiro atoms. The quantitative estimate of drug-likeness (QED) is 0.179. The first-order valence-electron chi connectivity index (χ1n) is 13.2. The first kappa shape index (κ1) is 25.0. The first-order valence-corrected chi connectivity index (χ1v) is 13.2. The molecule has 0 atom stereocenters. The van der Waals surface area contributed by atoms with Crippen LogP contribution < -0.4 is 4.74 Å². The van der Waals surface area contributed by atoms with Gasteiger partial charge in [0.05, 0.1) is 12.2 Å². The molecule has 3 heteroatoms. The minimum atomic E-state index is -0.546. The summed E-state index contributed by atoms with van der Waals surface area (Å²) in [5.74, 6) is 3.57. The highest BCUT2D eigenvalue weighted by atomic mass is 16.5. The fourth-order valence-corrected chi connectivity index (χ4v) is 6.02. The summed E-state index contributed by atoms with van der Waals surface area (Å²) in [7, 11) is 0. The van der Waals surface area contributed by atoms with E-state index in [1.807, 2.05) is 6.07 Å². The normalized spacial score (nSPS) is 26.0. The Morgan fingerprint density at radius 3 is 2.25 bits per heavy atom. The number of aryl methyl sites for hydroxylation is 1. The third-order valence-electron chi connectivity index (χ3n) is 8.16. The van der Waals surface area contributed by atoms with Gasteiger partial charge < -0.3 is 9.84 Å². The van der Waals surface area contributed by atoms with Gasteiger partial charge in [-0.3, -0.25) is 0 Å². The molecule has 0 unspecified atom stereocenters. The van der Waals surface area contributed by atoms with Gasteiger partial charge in [-0.15, -0.1) is 0 Å². The van der Waals surface area contributed by atoms with Crippen molar-refractivity contribution in [2.75, 3.05) is 6.61 Å². The van der Waals surface area contributed by atoms with E-state index in [1.165, 1.54) is 82.6 Å². The summed E-state index contributed by atoms with van der Waals surface area (Å²) in [6.45, 7) is 7.58. The second-order valence-corrected chi connectivity index (χ2v) is 10.3. The van der Waals surface area contributed by atoms with Crippen molar-refractivity contribution in [2.24, 2.45) is 17.8 Å². The zero-order valence-electron chi connectivity index (χ0n) is 20.4. The number of hydrogen-bond donors (Lipinski definition) is 1. The summed E-state index contributed by atoms with van der Waals surface area (Å²) in [5, 5.41) is 9.10. The second-order valence-electron chi connectivity index (χ2n) is 10.3. The molecule has 2 aliphatic rings. The van der Waals surface area contributed by atoms with Crippen molar-refractivity contribution >= 4 is 5.97 Å². The number of aliphatic hydroxyl groups is 1. The third-order valence-corrected chi connectivity index (χ3v) is 8.16. The van der Waals surface area contributed by atoms with Crippen LogP contribution in [0.3, 0.4) is 0 Å². The van der Waals surface area contributed by atoms with E-state index >= 15 is 0 Å². The average molecular weight is 441 g/mol. The van der Waals surface area contributed by atoms with Crippen LogP contribution in [0.1, 0.15) is 108 Å². The lowest BCUT2D eigenvalue weighted by Gasteiger charge is -2.38. The molecule has 1 aromatic carbocycles. The number of hydrogen-bond acceptors (Lipinski definition) is 3. The first-order chi connectivity index (χ1) is 15.5. The average Bonchev–Trinajstić information content (AvgIpc) is 2.84. The summed E-state index contributed by atoms with van der Waals surface area (Å²) >= 11 is 0. The van der Waals surface area contributed by atoms with Gasteiger partial charge in [0.1, 0.15) is 5.75 Å². The minimum absolute atomic E-state index is 0.0874. The monoisotopic (exact) mass is 440 g/mol. The highest BCUT2D eigenvalue weighted by Gasteiger charge is 2.31. The SMILES string of the molecule is C=C(CO)C(=O)Oc1ccc(C2CCC(C3CCC(CCCCC)CC3)CC2)cc1CC. The van der Waals surface area contributed by atoms with Crippen molar-refractivity contribution in [3.63, 3.8) is 0 Å². The van der Waals surface area contributed by atoms with Gasteiger partial charge in [-0.2, -0.15) is 0 Å². The maximum absolute atomic E-state index is 12.0. The van der Waals surface area contributed by atoms with Crippen molar-refractivity contribution in [1.29, 1.82) is 0 Å². The van der Waals surface area contributed by atoms with Crippen LogP contribution in [0, 0.1) is 17.8 Å². The Labute approximate surface area is 195 Å². The van der Waals surface area contributed by atoms with Crippen LogP contribution in [-0.2, 0) is 11.2 Å². The number of benzene rings is 1. The highest BCUT2D eigenvalue weighted by molar-refractivity contribution is 5.89. The Bertz CT molecular complexity index is 737. The fraction of sp³-hybridized carbons (Fsp3) is 0.690. The van der Waals surface area contributed by atoms with Gasteiger partial charge in [0.15, 0.2) is 0 Å². The van der Waals surface area contributed by atoms with E-state index in [4.69, 9.17) is 9.84 Å². The molecule has 2 aliphatic carbocycles. The zero-order chi connectivity index (χ0) is 22.9. The van der Waals surface area contributed by atoms with E-state index in [1.54, 1.807) is 0 Å². The molecule has 1 aromatic rings. The summed E-state index contributed by atoms with van der Waals surface area (Å²) in [4.78, 5) is 12.0. The van der Waals surface area contributed by atoms with Crippen molar-refractivity contribution in [3.8, 4) is 5.75 Å². The van der Waals surface area contributed by atoms with Crippen LogP contribution in [0.4, 0.5) is 0 Å². The number of unbranched alkanes of at least 4 members (excludes halogenated alkanes) is 2. The Morgan fingerprint density at radius 2 is 1.66 bits per heavy atom. The van der Waals surface area contributed by atoms with E-state index in [0.29, 0.717) is 11.7 Å². The van der Waals surface area contributed by atoms with Gasteiger partial charge >= 0.3 is 5.97 Å². The lowest BCUT2D eigenvalue weighted by atomic mass is 9.68. The summed E-state index contributed by atoms with van der Waals surface area (Å²) in [6.07, 6.45) is 17.6. The Hall–Kier alpha value is -1.61. The highest BCUT2D eigenvalue weighted by Crippen LogP contribution is 2.45. The van der Waals surface area contributed by atoms with Crippen LogP contribution in [0.5, 0.6) is 5.75 Å². The van der Waals surface area contributed by atoms with Crippen LogP contribution >= 0.6 is 0 Å². The number of esters is 1. The number of carbonyl (C=O) groups excluding carboxylic acids is 1. The van der Waals surface area contributed by atoms with Gasteiger partial charge in [0, 0.05) is 0 Å². The van der Waals surface area contributed by atoms with Crippen molar-refractivity contribution in [2.45, 2.75) is 103 Å². The predicted molar refractivity (Wildman–Crippen MR) is 132 cm³/mol. The standard InChI is InChI=1S/C29H44O3/c1-4-6-7-8-22-9-11-24(12-10-22)25-13-15-26(16-14-25)27-17-18-28(23(5-2)19-27)32-29(31)21(3)20-30/h17-19,22,24-26,30H,3-16,20H2,1-2H3. The number of ether oxygens (including phenoxy) is 1. The van der Waals surface area contributed by atoms with E-state index in [9.17, 15) is 4.79 Å². The van der Waals surface area contributed by atoms with E-state index in [0.717, 1.165) is 29.7 Å². The van der Waals surface area contributed by atoms with Crippen LogP contribution in [0.25, 0.3) is 0 Å². The maximum atomic E-state index is 12.0. The number of carbonyl (C=O) groups is 1. The lowest BCUT2D eigenvalue weighted by Crippen LogP contribution is -2.25. The van der Waals surface area contributed by atoms with Crippen LogP contribution in [0.2, 0.25) is 0 Å². The van der Waals surface area contributed by atoms with E-state index in [2.05, 4.69) is 32.6 Å². The zero-order valence-corrected chi connectivity index (χ0v) is 20.4. The molecule has 2 fully saturated rings. The summed E-state index contributed by atoms with van der Waals surface area (Å²) in [6, 6.07) is 6.30. The third kappa shape index (κ3) is 6.70.